The lowest BCUT2D eigenvalue weighted by atomic mass is 10.1. The minimum Gasteiger partial charge on any atom is -0.445 e. The van der Waals surface area contributed by atoms with Gasteiger partial charge in [-0.3, -0.25) is 19.3 Å². The highest BCUT2D eigenvalue weighted by atomic mass is 16.5. The molecule has 1 saturated heterocycles. The quantitative estimate of drug-likeness (QED) is 0.438. The first-order valence-electron chi connectivity index (χ1n) is 10.6. The summed E-state index contributed by atoms with van der Waals surface area (Å²) < 4.78 is 5.25. The molecule has 2 aromatic carbocycles. The van der Waals surface area contributed by atoms with Crippen molar-refractivity contribution in [2.45, 2.75) is 38.3 Å². The maximum atomic E-state index is 12.8. The molecule has 0 aliphatic carbocycles. The molecule has 1 unspecified atom stereocenters. The molecule has 1 aliphatic heterocycles. The minimum absolute atomic E-state index is 0.101. The average Bonchev–Trinajstić information content (AvgIpc) is 3.13. The number of nitrogens with zero attached hydrogens (tertiary/aromatic N) is 1. The van der Waals surface area contributed by atoms with Gasteiger partial charge in [-0.05, 0) is 17.5 Å². The van der Waals surface area contributed by atoms with Gasteiger partial charge in [0.05, 0.1) is 0 Å². The second-order valence-corrected chi connectivity index (χ2v) is 7.53. The van der Waals surface area contributed by atoms with E-state index >= 15 is 0 Å². The van der Waals surface area contributed by atoms with E-state index in [1.807, 2.05) is 60.7 Å². The zero-order valence-corrected chi connectivity index (χ0v) is 17.8. The maximum absolute atomic E-state index is 12.8. The van der Waals surface area contributed by atoms with Crippen molar-refractivity contribution >= 4 is 23.8 Å². The zero-order chi connectivity index (χ0) is 22.8. The van der Waals surface area contributed by atoms with Crippen LogP contribution in [0, 0.1) is 0 Å². The number of ether oxygens (including phenoxy) is 1. The second-order valence-electron chi connectivity index (χ2n) is 7.53. The Bertz CT molecular complexity index is 917. The Hall–Kier alpha value is -3.68. The van der Waals surface area contributed by atoms with Crippen LogP contribution in [0.25, 0.3) is 0 Å². The molecule has 2 aromatic rings. The summed E-state index contributed by atoms with van der Waals surface area (Å²) in [6.45, 7) is 0.653. The van der Waals surface area contributed by atoms with Crippen LogP contribution in [0.3, 0.4) is 0 Å². The van der Waals surface area contributed by atoms with Crippen molar-refractivity contribution in [1.82, 2.24) is 15.5 Å². The summed E-state index contributed by atoms with van der Waals surface area (Å²) in [5.41, 5.74) is 1.74. The van der Waals surface area contributed by atoms with E-state index in [9.17, 15) is 19.2 Å². The van der Waals surface area contributed by atoms with E-state index in [1.54, 1.807) is 0 Å². The fourth-order valence-corrected chi connectivity index (χ4v) is 3.41. The lowest BCUT2D eigenvalue weighted by molar-refractivity contribution is -0.138. The topological polar surface area (TPSA) is 105 Å². The highest BCUT2D eigenvalue weighted by molar-refractivity contribution is 6.01. The number of carbonyl (C=O) groups excluding carboxylic acids is 4. The van der Waals surface area contributed by atoms with Gasteiger partial charge < -0.3 is 15.4 Å². The van der Waals surface area contributed by atoms with E-state index in [1.165, 1.54) is 4.90 Å². The van der Waals surface area contributed by atoms with Crippen molar-refractivity contribution in [3.8, 4) is 0 Å². The van der Waals surface area contributed by atoms with Gasteiger partial charge in [0.1, 0.15) is 12.6 Å². The molecule has 2 N–H and O–H groups in total. The van der Waals surface area contributed by atoms with E-state index in [4.69, 9.17) is 4.74 Å². The molecule has 8 heteroatoms. The number of alkyl carbamates (subject to hydrolysis) is 1. The number of hydrogen-bond donors (Lipinski definition) is 2. The maximum Gasteiger partial charge on any atom is 0.408 e. The van der Waals surface area contributed by atoms with Crippen LogP contribution in [-0.2, 0) is 32.1 Å². The molecule has 1 atom stereocenters. The third-order valence-electron chi connectivity index (χ3n) is 5.12. The summed E-state index contributed by atoms with van der Waals surface area (Å²) in [6, 6.07) is 17.8. The first-order chi connectivity index (χ1) is 15.5. The summed E-state index contributed by atoms with van der Waals surface area (Å²) in [5, 5.41) is 5.42. The van der Waals surface area contributed by atoms with Crippen LogP contribution in [0.4, 0.5) is 4.79 Å². The summed E-state index contributed by atoms with van der Waals surface area (Å²) in [7, 11) is 0. The zero-order valence-electron chi connectivity index (χ0n) is 17.8. The van der Waals surface area contributed by atoms with Gasteiger partial charge in [0, 0.05) is 32.4 Å². The van der Waals surface area contributed by atoms with Crippen LogP contribution in [0.2, 0.25) is 0 Å². The second kappa shape index (κ2) is 11.6. The van der Waals surface area contributed by atoms with Crippen molar-refractivity contribution < 1.29 is 23.9 Å². The number of hydrogen-bond acceptors (Lipinski definition) is 5. The molecule has 0 aromatic heterocycles. The molecular weight excluding hydrogens is 410 g/mol. The number of benzene rings is 2. The van der Waals surface area contributed by atoms with Crippen LogP contribution in [-0.4, -0.2) is 47.8 Å². The molecule has 1 fully saturated rings. The SMILES string of the molecule is O=C(NC(Cc1ccccc1)C(=O)NCCCN1C(=O)CCC1=O)OCc1ccccc1. The van der Waals surface area contributed by atoms with Crippen molar-refractivity contribution in [2.75, 3.05) is 13.1 Å². The van der Waals surface area contributed by atoms with Gasteiger partial charge in [-0.25, -0.2) is 4.79 Å². The third-order valence-corrected chi connectivity index (χ3v) is 5.12. The van der Waals surface area contributed by atoms with Gasteiger partial charge in [0.15, 0.2) is 0 Å². The van der Waals surface area contributed by atoms with Gasteiger partial charge >= 0.3 is 6.09 Å². The monoisotopic (exact) mass is 437 g/mol. The molecule has 1 aliphatic rings. The van der Waals surface area contributed by atoms with Gasteiger partial charge in [0.2, 0.25) is 17.7 Å². The van der Waals surface area contributed by atoms with Crippen LogP contribution in [0.15, 0.2) is 60.7 Å². The van der Waals surface area contributed by atoms with Crippen LogP contribution >= 0.6 is 0 Å². The summed E-state index contributed by atoms with van der Waals surface area (Å²) in [6.07, 6.45) is 0.562. The van der Waals surface area contributed by atoms with Crippen molar-refractivity contribution in [3.05, 3.63) is 71.8 Å². The number of imide groups is 1. The molecule has 0 saturated carbocycles. The first kappa shape index (κ1) is 23.0. The predicted octanol–water partition coefficient (Wildman–Crippen LogP) is 2.18. The van der Waals surface area contributed by atoms with Crippen molar-refractivity contribution in [3.63, 3.8) is 0 Å². The Morgan fingerprint density at radius 2 is 1.50 bits per heavy atom. The van der Waals surface area contributed by atoms with E-state index in [2.05, 4.69) is 10.6 Å². The van der Waals surface area contributed by atoms with Crippen molar-refractivity contribution in [1.29, 1.82) is 0 Å². The highest BCUT2D eigenvalue weighted by Crippen LogP contribution is 2.11. The van der Waals surface area contributed by atoms with E-state index in [-0.39, 0.29) is 50.3 Å². The Balaban J connectivity index is 1.51. The molecule has 32 heavy (non-hydrogen) atoms. The first-order valence-corrected chi connectivity index (χ1v) is 10.6. The third kappa shape index (κ3) is 6.94. The largest absolute Gasteiger partial charge is 0.445 e. The summed E-state index contributed by atoms with van der Waals surface area (Å²) >= 11 is 0. The average molecular weight is 437 g/mol. The molecule has 8 nitrogen and oxygen atoms in total. The molecule has 168 valence electrons. The lowest BCUT2D eigenvalue weighted by Gasteiger charge is -2.19. The van der Waals surface area contributed by atoms with E-state index in [0.717, 1.165) is 11.1 Å². The lowest BCUT2D eigenvalue weighted by Crippen LogP contribution is -2.48. The van der Waals surface area contributed by atoms with Crippen LogP contribution in [0.1, 0.15) is 30.4 Å². The molecule has 0 radical (unpaired) electrons. The predicted molar refractivity (Wildman–Crippen MR) is 117 cm³/mol. The van der Waals surface area contributed by atoms with Gasteiger partial charge in [0.25, 0.3) is 0 Å². The van der Waals surface area contributed by atoms with Gasteiger partial charge in [-0.15, -0.1) is 0 Å². The number of carbonyl (C=O) groups is 4. The molecule has 3 rings (SSSR count). The molecule has 0 spiro atoms. The Morgan fingerprint density at radius 3 is 2.12 bits per heavy atom. The highest BCUT2D eigenvalue weighted by Gasteiger charge is 2.28. The van der Waals surface area contributed by atoms with Crippen molar-refractivity contribution in [2.24, 2.45) is 0 Å². The van der Waals surface area contributed by atoms with E-state index in [0.29, 0.717) is 12.8 Å². The number of likely N-dealkylation sites (tertiary alicyclic amines) is 1. The summed E-state index contributed by atoms with van der Waals surface area (Å²) in [5.74, 6) is -0.707. The summed E-state index contributed by atoms with van der Waals surface area (Å²) in [4.78, 5) is 49.6. The molecule has 0 bridgehead atoms. The Morgan fingerprint density at radius 1 is 0.906 bits per heavy atom. The number of nitrogens with one attached hydrogen (secondary N) is 2. The fraction of sp³-hybridized carbons (Fsp3) is 0.333. The minimum atomic E-state index is -0.823. The fourth-order valence-electron chi connectivity index (χ4n) is 3.41. The number of rotatable bonds is 10. The standard InChI is InChI=1S/C24H27N3O5/c28-21-12-13-22(29)27(21)15-7-14-25-23(30)20(16-18-8-3-1-4-9-18)26-24(31)32-17-19-10-5-2-6-11-19/h1-6,8-11,20H,7,12-17H2,(H,25,30)(H,26,31). The smallest absolute Gasteiger partial charge is 0.408 e. The van der Waals surface area contributed by atoms with Gasteiger partial charge in [-0.1, -0.05) is 60.7 Å². The normalized spacial score (nSPS) is 14.2. The molecule has 1 heterocycles. The Kier molecular flexibility index (Phi) is 8.36. The Labute approximate surface area is 186 Å². The van der Waals surface area contributed by atoms with Crippen LogP contribution in [0.5, 0.6) is 0 Å². The van der Waals surface area contributed by atoms with Gasteiger partial charge in [-0.2, -0.15) is 0 Å². The van der Waals surface area contributed by atoms with E-state index < -0.39 is 12.1 Å². The molecular formula is C24H27N3O5. The molecule has 4 amide bonds. The van der Waals surface area contributed by atoms with Crippen LogP contribution < -0.4 is 10.6 Å². The number of amides is 4.